The maximum absolute atomic E-state index is 5.96. The summed E-state index contributed by atoms with van der Waals surface area (Å²) in [6, 6.07) is 1.28. The van der Waals surface area contributed by atoms with Crippen LogP contribution in [0.3, 0.4) is 0 Å². The van der Waals surface area contributed by atoms with Gasteiger partial charge in [-0.25, -0.2) is 0 Å². The van der Waals surface area contributed by atoms with Gasteiger partial charge in [-0.05, 0) is 100 Å². The summed E-state index contributed by atoms with van der Waals surface area (Å²) in [7, 11) is 4.54. The molecular formula is C27H44N2O. The van der Waals surface area contributed by atoms with Gasteiger partial charge in [0.1, 0.15) is 0 Å². The minimum Gasteiger partial charge on any atom is -0.366 e. The summed E-state index contributed by atoms with van der Waals surface area (Å²) >= 11 is 0. The minimum atomic E-state index is 0.262. The molecule has 0 aromatic rings. The Labute approximate surface area is 184 Å². The van der Waals surface area contributed by atoms with Crippen LogP contribution in [0.1, 0.15) is 72.6 Å². The Morgan fingerprint density at radius 1 is 1.07 bits per heavy atom. The van der Waals surface area contributed by atoms with Crippen molar-refractivity contribution < 1.29 is 4.74 Å². The molecule has 0 aromatic heterocycles. The molecule has 3 nitrogen and oxygen atoms in total. The van der Waals surface area contributed by atoms with Crippen LogP contribution in [-0.4, -0.2) is 44.4 Å². The van der Waals surface area contributed by atoms with E-state index in [0.29, 0.717) is 28.8 Å². The van der Waals surface area contributed by atoms with Crippen LogP contribution in [0.25, 0.3) is 0 Å². The van der Waals surface area contributed by atoms with Crippen LogP contribution in [-0.2, 0) is 4.74 Å². The maximum Gasteiger partial charge on any atom is 0.0967 e. The minimum absolute atomic E-state index is 0.262. The molecule has 1 aliphatic heterocycles. The first kappa shape index (κ1) is 21.2. The molecule has 5 rings (SSSR count). The van der Waals surface area contributed by atoms with Crippen molar-refractivity contribution >= 4 is 0 Å². The molecule has 0 unspecified atom stereocenters. The van der Waals surface area contributed by atoms with E-state index in [2.05, 4.69) is 64.2 Å². The maximum atomic E-state index is 5.96. The molecule has 1 heterocycles. The summed E-state index contributed by atoms with van der Waals surface area (Å²) in [5, 5.41) is 3.69. The molecule has 30 heavy (non-hydrogen) atoms. The van der Waals surface area contributed by atoms with Gasteiger partial charge < -0.3 is 9.64 Å². The highest BCUT2D eigenvalue weighted by atomic mass is 16.5. The molecule has 0 aromatic carbocycles. The Bertz CT molecular complexity index is 756. The Morgan fingerprint density at radius 3 is 2.60 bits per heavy atom. The van der Waals surface area contributed by atoms with Crippen molar-refractivity contribution in [3.63, 3.8) is 0 Å². The summed E-state index contributed by atoms with van der Waals surface area (Å²) in [6.45, 7) is 11.9. The monoisotopic (exact) mass is 412 g/mol. The van der Waals surface area contributed by atoms with Gasteiger partial charge in [-0.2, -0.15) is 0 Å². The molecule has 2 saturated carbocycles. The fourth-order valence-electron chi connectivity index (χ4n) is 8.74. The number of allylic oxidation sites excluding steroid dienone is 4. The molecule has 0 amide bonds. The van der Waals surface area contributed by atoms with Crippen LogP contribution in [0.2, 0.25) is 0 Å². The summed E-state index contributed by atoms with van der Waals surface area (Å²) in [5.41, 5.74) is 4.53. The van der Waals surface area contributed by atoms with Gasteiger partial charge in [-0.15, -0.1) is 0 Å². The lowest BCUT2D eigenvalue weighted by molar-refractivity contribution is -0.0740. The molecular weight excluding hydrogens is 368 g/mol. The Kier molecular flexibility index (Phi) is 5.08. The van der Waals surface area contributed by atoms with E-state index in [-0.39, 0.29) is 5.41 Å². The fourth-order valence-corrected chi connectivity index (χ4v) is 8.74. The molecule has 3 fully saturated rings. The van der Waals surface area contributed by atoms with Gasteiger partial charge in [0.25, 0.3) is 0 Å². The highest BCUT2D eigenvalue weighted by Gasteiger charge is 2.61. The van der Waals surface area contributed by atoms with Gasteiger partial charge in [0.15, 0.2) is 0 Å². The molecule has 0 spiro atoms. The normalized spacial score (nSPS) is 49.2. The predicted octanol–water partition coefficient (Wildman–Crippen LogP) is 5.39. The number of ether oxygens (including phenoxy) is 1. The Balaban J connectivity index is 1.48. The average Bonchev–Trinajstić information content (AvgIpc) is 2.86. The van der Waals surface area contributed by atoms with Crippen molar-refractivity contribution in [2.45, 2.75) is 84.7 Å². The molecule has 8 atom stereocenters. The van der Waals surface area contributed by atoms with Crippen molar-refractivity contribution in [1.29, 1.82) is 0 Å². The van der Waals surface area contributed by atoms with E-state index in [1.807, 2.05) is 0 Å². The summed E-state index contributed by atoms with van der Waals surface area (Å²) in [5.74, 6) is 2.21. The summed E-state index contributed by atoms with van der Waals surface area (Å²) in [4.78, 5) is 2.46. The zero-order valence-electron chi connectivity index (χ0n) is 20.3. The molecule has 3 heteroatoms. The molecule has 1 saturated heterocycles. The molecule has 5 aliphatic rings. The van der Waals surface area contributed by atoms with E-state index < -0.39 is 0 Å². The van der Waals surface area contributed by atoms with Crippen molar-refractivity contribution in [1.82, 2.24) is 10.2 Å². The topological polar surface area (TPSA) is 24.5 Å². The number of rotatable bonds is 2. The van der Waals surface area contributed by atoms with Crippen molar-refractivity contribution in [2.24, 2.45) is 34.0 Å². The van der Waals surface area contributed by atoms with Crippen LogP contribution in [0, 0.1) is 34.0 Å². The van der Waals surface area contributed by atoms with E-state index in [1.54, 1.807) is 11.1 Å². The van der Waals surface area contributed by atoms with Crippen LogP contribution in [0.5, 0.6) is 0 Å². The largest absolute Gasteiger partial charge is 0.366 e. The third kappa shape index (κ3) is 2.80. The third-order valence-electron chi connectivity index (χ3n) is 11.1. The lowest BCUT2D eigenvalue weighted by Crippen LogP contribution is -2.57. The van der Waals surface area contributed by atoms with E-state index in [1.165, 1.54) is 44.9 Å². The molecule has 1 N–H and O–H groups in total. The zero-order chi connectivity index (χ0) is 21.3. The van der Waals surface area contributed by atoms with E-state index >= 15 is 0 Å². The third-order valence-corrected chi connectivity index (χ3v) is 11.1. The van der Waals surface area contributed by atoms with Gasteiger partial charge >= 0.3 is 0 Å². The van der Waals surface area contributed by atoms with Crippen molar-refractivity contribution in [3.8, 4) is 0 Å². The second kappa shape index (κ2) is 7.18. The highest BCUT2D eigenvalue weighted by molar-refractivity contribution is 5.37. The lowest BCUT2D eigenvalue weighted by Gasteiger charge is -2.54. The van der Waals surface area contributed by atoms with Crippen LogP contribution in [0.4, 0.5) is 0 Å². The first-order valence-electron chi connectivity index (χ1n) is 12.6. The van der Waals surface area contributed by atoms with E-state index in [0.717, 1.165) is 25.2 Å². The SMILES string of the molecule is C[C@@H]([C@@H]1CC[C@@]2(C)[C@@H]3CC[C@@H]4C(=CC3=CC[C@]12C)CC[C@@H]1NCOC[C@]14C)N(C)C. The number of hydrogen-bond donors (Lipinski definition) is 1. The van der Waals surface area contributed by atoms with Crippen molar-refractivity contribution in [3.05, 3.63) is 23.3 Å². The van der Waals surface area contributed by atoms with Crippen molar-refractivity contribution in [2.75, 3.05) is 27.4 Å². The second-order valence-electron chi connectivity index (χ2n) is 12.3. The quantitative estimate of drug-likeness (QED) is 0.658. The number of nitrogens with one attached hydrogen (secondary N) is 1. The fraction of sp³-hybridized carbons (Fsp3) is 0.852. The highest BCUT2D eigenvalue weighted by Crippen LogP contribution is 2.68. The molecule has 4 aliphatic carbocycles. The first-order chi connectivity index (χ1) is 14.2. The Hall–Kier alpha value is -0.640. The smallest absolute Gasteiger partial charge is 0.0967 e. The molecule has 168 valence electrons. The number of nitrogens with zero attached hydrogens (tertiary/aromatic N) is 1. The Morgan fingerprint density at radius 2 is 1.83 bits per heavy atom. The van der Waals surface area contributed by atoms with E-state index in [4.69, 9.17) is 4.74 Å². The number of fused-ring (bicyclic) bond motifs is 6. The van der Waals surface area contributed by atoms with Gasteiger partial charge in [0.2, 0.25) is 0 Å². The molecule has 0 bridgehead atoms. The molecule has 0 radical (unpaired) electrons. The standard InChI is InChI=1S/C27H44N2O/c1-18(29(5)6)21-12-14-27(4)23-9-8-22-19(15-20(23)11-13-26(21,27)3)7-10-24-25(22,2)16-30-17-28-24/h11,15,18,21-24,28H,7-10,12-14,16-17H2,1-6H3/t18-,21-,22+,23+,24-,25-,26+,27-/m0/s1. The summed E-state index contributed by atoms with van der Waals surface area (Å²) < 4.78 is 5.96. The zero-order valence-corrected chi connectivity index (χ0v) is 20.3. The van der Waals surface area contributed by atoms with Crippen LogP contribution < -0.4 is 5.32 Å². The predicted molar refractivity (Wildman–Crippen MR) is 124 cm³/mol. The van der Waals surface area contributed by atoms with Crippen LogP contribution in [0.15, 0.2) is 23.3 Å². The number of hydrogen-bond acceptors (Lipinski definition) is 3. The second-order valence-corrected chi connectivity index (χ2v) is 12.3. The average molecular weight is 413 g/mol. The van der Waals surface area contributed by atoms with Gasteiger partial charge in [0, 0.05) is 17.5 Å². The lowest BCUT2D eigenvalue weighted by atomic mass is 9.51. The first-order valence-corrected chi connectivity index (χ1v) is 12.6. The van der Waals surface area contributed by atoms with Gasteiger partial charge in [0.05, 0.1) is 13.3 Å². The van der Waals surface area contributed by atoms with Gasteiger partial charge in [-0.1, -0.05) is 38.5 Å². The van der Waals surface area contributed by atoms with Gasteiger partial charge in [-0.3, -0.25) is 5.32 Å². The van der Waals surface area contributed by atoms with E-state index in [9.17, 15) is 0 Å². The summed E-state index contributed by atoms with van der Waals surface area (Å²) in [6.07, 6.45) is 14.6. The van der Waals surface area contributed by atoms with Crippen LogP contribution >= 0.6 is 0 Å².